The number of likely N-dealkylation sites (N-methyl/N-ethyl adjacent to an activating group) is 2. The lowest BCUT2D eigenvalue weighted by molar-refractivity contribution is -0.605. The summed E-state index contributed by atoms with van der Waals surface area (Å²) in [4.78, 5) is 29.7. The van der Waals surface area contributed by atoms with Crippen LogP contribution in [0.1, 0.15) is 36.0 Å². The van der Waals surface area contributed by atoms with Crippen LogP contribution in [0.15, 0.2) is 42.5 Å². The first-order chi connectivity index (χ1) is 18.9. The highest BCUT2D eigenvalue weighted by Crippen LogP contribution is 2.66. The maximum absolute atomic E-state index is 13.3. The normalized spacial score (nSPS) is 30.5. The van der Waals surface area contributed by atoms with E-state index < -0.39 is 41.1 Å². The third-order valence-corrected chi connectivity index (χ3v) is 9.38. The molecule has 1 amide bonds. The Labute approximate surface area is 227 Å². The van der Waals surface area contributed by atoms with Gasteiger partial charge in [-0.2, -0.15) is 0 Å². The van der Waals surface area contributed by atoms with Gasteiger partial charge < -0.3 is 19.5 Å². The summed E-state index contributed by atoms with van der Waals surface area (Å²) in [7, 11) is 3.50. The molecule has 2 aliphatic heterocycles. The summed E-state index contributed by atoms with van der Waals surface area (Å²) >= 11 is 0. The fraction of sp³-hybridized carbons (Fsp3) is 0.464. The smallest absolute Gasteiger partial charge is 0.504 e. The van der Waals surface area contributed by atoms with E-state index >= 15 is 0 Å². The van der Waals surface area contributed by atoms with Gasteiger partial charge in [0.05, 0.1) is 12.1 Å². The summed E-state index contributed by atoms with van der Waals surface area (Å²) in [5.41, 5.74) is -0.422. The van der Waals surface area contributed by atoms with E-state index in [0.717, 1.165) is 5.56 Å². The minimum Gasteiger partial charge on any atom is -0.504 e. The van der Waals surface area contributed by atoms with Crippen molar-refractivity contribution in [3.63, 3.8) is 0 Å². The Morgan fingerprint density at radius 2 is 2.08 bits per heavy atom. The Balaban J connectivity index is 1.34. The van der Waals surface area contributed by atoms with Gasteiger partial charge in [-0.1, -0.05) is 18.2 Å². The summed E-state index contributed by atoms with van der Waals surface area (Å²) in [6, 6.07) is 7.74. The van der Waals surface area contributed by atoms with Crippen LogP contribution in [0.3, 0.4) is 0 Å². The van der Waals surface area contributed by atoms with E-state index in [1.165, 1.54) is 35.3 Å². The van der Waals surface area contributed by atoms with Gasteiger partial charge in [-0.3, -0.25) is 19.8 Å². The van der Waals surface area contributed by atoms with Crippen molar-refractivity contribution >= 4 is 12.0 Å². The highest BCUT2D eigenvalue weighted by molar-refractivity contribution is 5.92. The van der Waals surface area contributed by atoms with Gasteiger partial charge in [-0.15, -0.1) is 13.2 Å². The van der Waals surface area contributed by atoms with E-state index in [4.69, 9.17) is 4.74 Å². The fourth-order valence-electron chi connectivity index (χ4n) is 7.76. The highest BCUT2D eigenvalue weighted by Gasteiger charge is 2.80. The van der Waals surface area contributed by atoms with Crippen LogP contribution in [-0.4, -0.2) is 76.5 Å². The molecule has 1 N–H and O–H groups in total. The van der Waals surface area contributed by atoms with Crippen molar-refractivity contribution in [1.29, 1.82) is 0 Å². The van der Waals surface area contributed by atoms with Crippen LogP contribution in [0.4, 0.5) is 13.2 Å². The molecule has 2 heterocycles. The molecule has 1 saturated carbocycles. The van der Waals surface area contributed by atoms with Crippen LogP contribution in [-0.2, 0) is 16.6 Å². The molecule has 2 fully saturated rings. The van der Waals surface area contributed by atoms with Gasteiger partial charge >= 0.3 is 6.36 Å². The van der Waals surface area contributed by atoms with Gasteiger partial charge in [-0.05, 0) is 68.3 Å². The lowest BCUT2D eigenvalue weighted by atomic mass is 9.47. The number of carbonyl (C=O) groups is 1. The van der Waals surface area contributed by atoms with Crippen LogP contribution in [0, 0.1) is 10.1 Å². The third kappa shape index (κ3) is 3.61. The molecule has 2 aliphatic carbocycles. The summed E-state index contributed by atoms with van der Waals surface area (Å²) in [6.07, 6.45) is -1.49. The first-order valence-electron chi connectivity index (χ1n) is 13.1. The fourth-order valence-corrected chi connectivity index (χ4v) is 7.76. The summed E-state index contributed by atoms with van der Waals surface area (Å²) in [6.45, 7) is 0.606. The number of halogens is 3. The first-order valence-corrected chi connectivity index (χ1v) is 13.1. The van der Waals surface area contributed by atoms with E-state index in [2.05, 4.69) is 4.74 Å². The van der Waals surface area contributed by atoms with Crippen molar-refractivity contribution in [1.82, 2.24) is 9.80 Å². The number of benzene rings is 2. The molecular weight excluding hydrogens is 531 g/mol. The van der Waals surface area contributed by atoms with Crippen LogP contribution < -0.4 is 9.47 Å². The van der Waals surface area contributed by atoms with Crippen molar-refractivity contribution in [2.75, 3.05) is 20.6 Å². The molecule has 2 aromatic rings. The number of likely N-dealkylation sites (tertiary alicyclic amines) is 1. The van der Waals surface area contributed by atoms with Crippen LogP contribution in [0.25, 0.3) is 6.08 Å². The van der Waals surface area contributed by atoms with Crippen molar-refractivity contribution in [2.24, 2.45) is 0 Å². The summed E-state index contributed by atoms with van der Waals surface area (Å²) in [5.74, 6) is -0.645. The molecular formula is C28H28F3N3O6. The van der Waals surface area contributed by atoms with E-state index in [9.17, 15) is 33.2 Å². The number of phenols is 1. The molecule has 6 rings (SSSR count). The standard InChI is InChI=1S/C28H28F3N3O6/c1-32-13-12-26-23-17-7-8-20(35)24(23)39-25(26)19(10-11-27(26,34(37)38)21(32)15-17)33(2)22(36)9-6-16-4-3-5-18(14-16)40-28(29,30)31/h3-9,14,19,21,25,35H,10-13,15H2,1-2H3/t19-,21-,25+,26+,27-/m1/s1. The average Bonchev–Trinajstić information content (AvgIpc) is 3.25. The van der Waals surface area contributed by atoms with E-state index in [1.807, 2.05) is 18.0 Å². The SMILES string of the molecule is CN1CC[C@]23c4c5ccc(O)c4O[C@H]2[C@H](N(C)C(=O)C=Cc2cccc(OC(F)(F)F)c2)CC[C@@]3([N+](=O)[O-])[C@H]1C5. The number of rotatable bonds is 5. The number of phenolic OH excluding ortho intramolecular Hbond substituents is 1. The van der Waals surface area contributed by atoms with E-state index in [-0.39, 0.29) is 28.9 Å². The largest absolute Gasteiger partial charge is 0.573 e. The Bertz CT molecular complexity index is 1430. The molecule has 0 unspecified atom stereocenters. The molecule has 1 saturated heterocycles. The zero-order valence-electron chi connectivity index (χ0n) is 21.9. The highest BCUT2D eigenvalue weighted by atomic mass is 19.4. The number of ether oxygens (including phenoxy) is 2. The Kier molecular flexibility index (Phi) is 5.85. The number of hydrogen-bond donors (Lipinski definition) is 1. The number of amides is 1. The van der Waals surface area contributed by atoms with Gasteiger partial charge in [0.25, 0.3) is 5.54 Å². The molecule has 1 spiro atoms. The zero-order valence-corrected chi connectivity index (χ0v) is 21.9. The minimum atomic E-state index is -4.84. The quantitative estimate of drug-likeness (QED) is 0.337. The van der Waals surface area contributed by atoms with Crippen LogP contribution >= 0.6 is 0 Å². The average molecular weight is 560 g/mol. The number of piperidine rings is 1. The minimum absolute atomic E-state index is 0.0780. The van der Waals surface area contributed by atoms with Crippen molar-refractivity contribution in [3.8, 4) is 17.2 Å². The number of nitro groups is 1. The lowest BCUT2D eigenvalue weighted by Gasteiger charge is -2.61. The molecule has 2 bridgehead atoms. The summed E-state index contributed by atoms with van der Waals surface area (Å²) in [5, 5.41) is 23.7. The van der Waals surface area contributed by atoms with Gasteiger partial charge in [0.1, 0.15) is 17.3 Å². The topological polar surface area (TPSA) is 105 Å². The Morgan fingerprint density at radius 3 is 2.80 bits per heavy atom. The molecule has 4 aliphatic rings. The second-order valence-electron chi connectivity index (χ2n) is 11.1. The van der Waals surface area contributed by atoms with Crippen molar-refractivity contribution in [2.45, 2.75) is 61.2 Å². The monoisotopic (exact) mass is 559 g/mol. The second-order valence-corrected chi connectivity index (χ2v) is 11.1. The first kappa shape index (κ1) is 26.4. The zero-order chi connectivity index (χ0) is 28.6. The molecule has 0 radical (unpaired) electrons. The number of aromatic hydroxyl groups is 1. The molecule has 9 nitrogen and oxygen atoms in total. The maximum Gasteiger partial charge on any atom is 0.573 e. The molecule has 12 heteroatoms. The lowest BCUT2D eigenvalue weighted by Crippen LogP contribution is -2.80. The second kappa shape index (κ2) is 8.85. The Hall–Kier alpha value is -3.80. The van der Waals surface area contributed by atoms with E-state index in [0.29, 0.717) is 36.9 Å². The predicted molar refractivity (Wildman–Crippen MR) is 137 cm³/mol. The van der Waals surface area contributed by atoms with E-state index in [1.54, 1.807) is 19.2 Å². The maximum atomic E-state index is 13.3. The van der Waals surface area contributed by atoms with Crippen molar-refractivity contribution in [3.05, 3.63) is 69.3 Å². The van der Waals surface area contributed by atoms with Gasteiger partial charge in [0.2, 0.25) is 5.91 Å². The molecule has 40 heavy (non-hydrogen) atoms. The summed E-state index contributed by atoms with van der Waals surface area (Å²) < 4.78 is 48.2. The molecule has 212 valence electrons. The number of hydrogen-bond acceptors (Lipinski definition) is 7. The van der Waals surface area contributed by atoms with Gasteiger partial charge in [0, 0.05) is 30.0 Å². The van der Waals surface area contributed by atoms with Crippen molar-refractivity contribution < 1.29 is 37.5 Å². The number of alkyl halides is 3. The molecule has 2 aromatic carbocycles. The Morgan fingerprint density at radius 1 is 1.30 bits per heavy atom. The van der Waals surface area contributed by atoms with Crippen LogP contribution in [0.5, 0.6) is 17.2 Å². The molecule has 0 aromatic heterocycles. The van der Waals surface area contributed by atoms with Crippen LogP contribution in [0.2, 0.25) is 0 Å². The number of nitrogens with zero attached hydrogens (tertiary/aromatic N) is 3. The van der Waals surface area contributed by atoms with Gasteiger partial charge in [-0.25, -0.2) is 0 Å². The van der Waals surface area contributed by atoms with Gasteiger partial charge in [0.15, 0.2) is 11.5 Å². The molecule has 5 atom stereocenters. The number of carbonyl (C=O) groups excluding carboxylic acids is 1. The third-order valence-electron chi connectivity index (χ3n) is 9.38. The predicted octanol–water partition coefficient (Wildman–Crippen LogP) is 3.90.